The van der Waals surface area contributed by atoms with Crippen LogP contribution in [0.3, 0.4) is 0 Å². The first kappa shape index (κ1) is 17.4. The lowest BCUT2D eigenvalue weighted by Crippen LogP contribution is -2.17. The number of rotatable bonds is 4. The Morgan fingerprint density at radius 2 is 1.96 bits per heavy atom. The fourth-order valence-electron chi connectivity index (χ4n) is 1.73. The number of benzene rings is 1. The third-order valence-corrected chi connectivity index (χ3v) is 2.85. The van der Waals surface area contributed by atoms with Gasteiger partial charge in [-0.2, -0.15) is 28.1 Å². The van der Waals surface area contributed by atoms with Gasteiger partial charge in [-0.3, -0.25) is 0 Å². The first-order valence-corrected chi connectivity index (χ1v) is 6.69. The second-order valence-corrected chi connectivity index (χ2v) is 4.96. The number of anilines is 2. The van der Waals surface area contributed by atoms with Gasteiger partial charge >= 0.3 is 12.1 Å². The van der Waals surface area contributed by atoms with Gasteiger partial charge in [-0.25, -0.2) is 4.79 Å². The number of hydrogen-bond acceptors (Lipinski definition) is 7. The molecule has 0 unspecified atom stereocenters. The highest BCUT2D eigenvalue weighted by atomic mass is 19.4. The lowest BCUT2D eigenvalue weighted by Gasteiger charge is -2.12. The second kappa shape index (κ2) is 6.69. The van der Waals surface area contributed by atoms with Gasteiger partial charge in [-0.05, 0) is 18.2 Å². The zero-order valence-corrected chi connectivity index (χ0v) is 12.8. The van der Waals surface area contributed by atoms with Gasteiger partial charge in [0.15, 0.2) is 12.4 Å². The molecule has 2 N–H and O–H groups in total. The Bertz CT molecular complexity index is 749. The van der Waals surface area contributed by atoms with Crippen LogP contribution in [-0.4, -0.2) is 35.0 Å². The van der Waals surface area contributed by atoms with Crippen LogP contribution < -0.4 is 10.6 Å². The number of nitrogens with zero attached hydrogens (tertiary/aromatic N) is 4. The lowest BCUT2D eigenvalue weighted by molar-refractivity contribution is -0.137. The van der Waals surface area contributed by atoms with Crippen LogP contribution >= 0.6 is 0 Å². The maximum atomic E-state index is 12.6. The van der Waals surface area contributed by atoms with Crippen molar-refractivity contribution < 1.29 is 22.7 Å². The monoisotopic (exact) mass is 341 g/mol. The molecule has 10 heteroatoms. The van der Waals surface area contributed by atoms with E-state index in [1.165, 1.54) is 6.07 Å². The number of nitrogens with two attached hydrogens (primary N) is 1. The Labute approximate surface area is 135 Å². The van der Waals surface area contributed by atoms with Gasteiger partial charge < -0.3 is 15.4 Å². The summed E-state index contributed by atoms with van der Waals surface area (Å²) < 4.78 is 42.9. The predicted molar refractivity (Wildman–Crippen MR) is 79.1 cm³/mol. The second-order valence-electron chi connectivity index (χ2n) is 4.96. The van der Waals surface area contributed by atoms with Crippen molar-refractivity contribution in [2.24, 2.45) is 0 Å². The molecule has 128 valence electrons. The van der Waals surface area contributed by atoms with E-state index >= 15 is 0 Å². The molecule has 0 aliphatic rings. The standard InChI is InChI=1S/C14H14F3N5O2/c1-22(2)13-20-10(19-12(18)21-13)7-24-11(23)8-4-3-5-9(6-8)14(15,16)17/h3-6H,7H2,1-2H3,(H2,18,19,20,21). The molecular weight excluding hydrogens is 327 g/mol. The van der Waals surface area contributed by atoms with Gasteiger partial charge in [-0.15, -0.1) is 0 Å². The van der Waals surface area contributed by atoms with Gasteiger partial charge in [-0.1, -0.05) is 6.07 Å². The molecule has 1 aromatic carbocycles. The molecule has 0 fully saturated rings. The fourth-order valence-corrected chi connectivity index (χ4v) is 1.73. The van der Waals surface area contributed by atoms with E-state index in [1.54, 1.807) is 19.0 Å². The molecule has 0 spiro atoms. The molecule has 7 nitrogen and oxygen atoms in total. The molecule has 24 heavy (non-hydrogen) atoms. The average molecular weight is 341 g/mol. The van der Waals surface area contributed by atoms with Crippen molar-refractivity contribution in [1.29, 1.82) is 0 Å². The quantitative estimate of drug-likeness (QED) is 0.849. The number of ether oxygens (including phenoxy) is 1. The SMILES string of the molecule is CN(C)c1nc(N)nc(COC(=O)c2cccc(C(F)(F)F)c2)n1. The van der Waals surface area contributed by atoms with E-state index in [0.29, 0.717) is 0 Å². The minimum atomic E-state index is -4.54. The number of halogens is 3. The molecule has 0 aliphatic heterocycles. The number of alkyl halides is 3. The minimum Gasteiger partial charge on any atom is -0.454 e. The maximum Gasteiger partial charge on any atom is 0.416 e. The predicted octanol–water partition coefficient (Wildman–Crippen LogP) is 1.90. The van der Waals surface area contributed by atoms with Crippen LogP contribution in [0.5, 0.6) is 0 Å². The van der Waals surface area contributed by atoms with E-state index in [0.717, 1.165) is 18.2 Å². The van der Waals surface area contributed by atoms with Crippen LogP contribution in [0, 0.1) is 0 Å². The maximum absolute atomic E-state index is 12.6. The molecule has 0 aliphatic carbocycles. The van der Waals surface area contributed by atoms with E-state index in [1.807, 2.05) is 0 Å². The molecule has 2 rings (SSSR count). The van der Waals surface area contributed by atoms with Crippen LogP contribution in [-0.2, 0) is 17.5 Å². The third kappa shape index (κ3) is 4.31. The molecular formula is C14H14F3N5O2. The highest BCUT2D eigenvalue weighted by molar-refractivity contribution is 5.89. The first-order valence-electron chi connectivity index (χ1n) is 6.69. The topological polar surface area (TPSA) is 94.2 Å². The Balaban J connectivity index is 2.11. The molecule has 0 radical (unpaired) electrons. The fraction of sp³-hybridized carbons (Fsp3) is 0.286. The Morgan fingerprint density at radius 1 is 1.25 bits per heavy atom. The van der Waals surface area contributed by atoms with Crippen molar-refractivity contribution in [3.05, 3.63) is 41.2 Å². The number of aromatic nitrogens is 3. The first-order chi connectivity index (χ1) is 11.2. The molecule has 0 bridgehead atoms. The van der Waals surface area contributed by atoms with Gasteiger partial charge in [0, 0.05) is 14.1 Å². The largest absolute Gasteiger partial charge is 0.454 e. The van der Waals surface area contributed by atoms with Crippen molar-refractivity contribution in [2.75, 3.05) is 24.7 Å². The molecule has 1 heterocycles. The van der Waals surface area contributed by atoms with Crippen LogP contribution in [0.25, 0.3) is 0 Å². The Kier molecular flexibility index (Phi) is 4.86. The van der Waals surface area contributed by atoms with E-state index in [-0.39, 0.29) is 29.9 Å². The smallest absolute Gasteiger partial charge is 0.416 e. The number of carbonyl (C=O) groups is 1. The van der Waals surface area contributed by atoms with Crippen LogP contribution in [0.2, 0.25) is 0 Å². The van der Waals surface area contributed by atoms with Crippen molar-refractivity contribution in [1.82, 2.24) is 15.0 Å². The average Bonchev–Trinajstić information content (AvgIpc) is 2.51. The van der Waals surface area contributed by atoms with Crippen molar-refractivity contribution >= 4 is 17.9 Å². The molecule has 0 atom stereocenters. The van der Waals surface area contributed by atoms with E-state index in [2.05, 4.69) is 15.0 Å². The summed E-state index contributed by atoms with van der Waals surface area (Å²) in [5, 5.41) is 0. The third-order valence-electron chi connectivity index (χ3n) is 2.85. The molecule has 1 aromatic heterocycles. The summed E-state index contributed by atoms with van der Waals surface area (Å²) in [4.78, 5) is 25.2. The summed E-state index contributed by atoms with van der Waals surface area (Å²) in [6.45, 7) is -0.345. The number of nitrogen functional groups attached to an aromatic ring is 1. The number of hydrogen-bond donors (Lipinski definition) is 1. The van der Waals surface area contributed by atoms with Crippen LogP contribution in [0.15, 0.2) is 24.3 Å². The summed E-state index contributed by atoms with van der Waals surface area (Å²) >= 11 is 0. The summed E-state index contributed by atoms with van der Waals surface area (Å²) in [6, 6.07) is 3.94. The van der Waals surface area contributed by atoms with E-state index < -0.39 is 17.7 Å². The van der Waals surface area contributed by atoms with Gasteiger partial charge in [0.2, 0.25) is 11.9 Å². The zero-order chi connectivity index (χ0) is 17.9. The number of carbonyl (C=O) groups excluding carboxylic acids is 1. The molecule has 0 saturated carbocycles. The van der Waals surface area contributed by atoms with E-state index in [4.69, 9.17) is 10.5 Å². The van der Waals surface area contributed by atoms with Gasteiger partial charge in [0.25, 0.3) is 0 Å². The van der Waals surface area contributed by atoms with Crippen molar-refractivity contribution in [3.63, 3.8) is 0 Å². The highest BCUT2D eigenvalue weighted by Crippen LogP contribution is 2.29. The summed E-state index contributed by atoms with van der Waals surface area (Å²) in [5.41, 5.74) is 4.37. The van der Waals surface area contributed by atoms with E-state index in [9.17, 15) is 18.0 Å². The van der Waals surface area contributed by atoms with Crippen molar-refractivity contribution in [3.8, 4) is 0 Å². The molecule has 2 aromatic rings. The van der Waals surface area contributed by atoms with Crippen LogP contribution in [0.4, 0.5) is 25.1 Å². The zero-order valence-electron chi connectivity index (χ0n) is 12.8. The van der Waals surface area contributed by atoms with Gasteiger partial charge in [0.1, 0.15) is 0 Å². The summed E-state index contributed by atoms with van der Waals surface area (Å²) in [6.07, 6.45) is -4.54. The number of esters is 1. The Hall–Kier alpha value is -2.91. The molecule has 0 amide bonds. The minimum absolute atomic E-state index is 0.0567. The van der Waals surface area contributed by atoms with Crippen molar-refractivity contribution in [2.45, 2.75) is 12.8 Å². The summed E-state index contributed by atoms with van der Waals surface area (Å²) in [7, 11) is 3.38. The van der Waals surface area contributed by atoms with Gasteiger partial charge in [0.05, 0.1) is 11.1 Å². The summed E-state index contributed by atoms with van der Waals surface area (Å²) in [5.74, 6) is -0.621. The molecule has 0 saturated heterocycles. The lowest BCUT2D eigenvalue weighted by atomic mass is 10.1. The highest BCUT2D eigenvalue weighted by Gasteiger charge is 2.31. The Morgan fingerprint density at radius 3 is 2.58 bits per heavy atom. The van der Waals surface area contributed by atoms with Crippen LogP contribution in [0.1, 0.15) is 21.7 Å². The normalized spacial score (nSPS) is 11.2.